The molecule has 1 saturated heterocycles. The van der Waals surface area contributed by atoms with Gasteiger partial charge in [-0.3, -0.25) is 0 Å². The lowest BCUT2D eigenvalue weighted by Crippen LogP contribution is -2.34. The average Bonchev–Trinajstić information content (AvgIpc) is 2.63. The molecule has 0 amide bonds. The second kappa shape index (κ2) is 7.40. The van der Waals surface area contributed by atoms with E-state index in [1.54, 1.807) is 0 Å². The summed E-state index contributed by atoms with van der Waals surface area (Å²) in [5, 5.41) is 18.5. The van der Waals surface area contributed by atoms with E-state index in [0.717, 1.165) is 54.7 Å². The minimum Gasteiger partial charge on any atom is -0.478 e. The molecule has 0 aliphatic carbocycles. The first kappa shape index (κ1) is 17.0. The highest BCUT2D eigenvalue weighted by Gasteiger charge is 2.21. The quantitative estimate of drug-likeness (QED) is 0.917. The standard InChI is InChI=1S/C21H22N2O2/c1-15-6-7-17(13-19(15)21(24)25)12-16-8-10-23(11-9-16)20-5-3-2-4-18(20)14-22/h2-7,13,16H,8-12H2,1H3,(H,24,25). The molecule has 1 aliphatic heterocycles. The smallest absolute Gasteiger partial charge is 0.335 e. The molecule has 1 fully saturated rings. The number of aryl methyl sites for hydroxylation is 1. The van der Waals surface area contributed by atoms with E-state index in [2.05, 4.69) is 11.0 Å². The predicted molar refractivity (Wildman–Crippen MR) is 97.9 cm³/mol. The summed E-state index contributed by atoms with van der Waals surface area (Å²) in [5.74, 6) is -0.308. The van der Waals surface area contributed by atoms with Gasteiger partial charge in [-0.2, -0.15) is 5.26 Å². The van der Waals surface area contributed by atoms with Crippen molar-refractivity contribution in [3.63, 3.8) is 0 Å². The third-order valence-corrected chi connectivity index (χ3v) is 5.04. The Morgan fingerprint density at radius 1 is 1.24 bits per heavy atom. The van der Waals surface area contributed by atoms with Gasteiger partial charge in [0.2, 0.25) is 0 Å². The first-order valence-corrected chi connectivity index (χ1v) is 8.65. The number of carbonyl (C=O) groups is 1. The van der Waals surface area contributed by atoms with Gasteiger partial charge in [-0.05, 0) is 61.4 Å². The number of rotatable bonds is 4. The Labute approximate surface area is 148 Å². The highest BCUT2D eigenvalue weighted by Crippen LogP contribution is 2.28. The number of hydrogen-bond donors (Lipinski definition) is 1. The molecule has 0 unspecified atom stereocenters. The maximum Gasteiger partial charge on any atom is 0.335 e. The van der Waals surface area contributed by atoms with Crippen LogP contribution < -0.4 is 4.90 Å². The van der Waals surface area contributed by atoms with Crippen LogP contribution in [0.1, 0.15) is 39.9 Å². The molecule has 4 heteroatoms. The van der Waals surface area contributed by atoms with Crippen LogP contribution in [0, 0.1) is 24.2 Å². The van der Waals surface area contributed by atoms with Crippen molar-refractivity contribution in [2.45, 2.75) is 26.2 Å². The molecule has 25 heavy (non-hydrogen) atoms. The van der Waals surface area contributed by atoms with Gasteiger partial charge in [0, 0.05) is 13.1 Å². The van der Waals surface area contributed by atoms with Gasteiger partial charge in [-0.1, -0.05) is 24.3 Å². The van der Waals surface area contributed by atoms with Crippen molar-refractivity contribution in [1.82, 2.24) is 0 Å². The van der Waals surface area contributed by atoms with E-state index < -0.39 is 5.97 Å². The summed E-state index contributed by atoms with van der Waals surface area (Å²) in [4.78, 5) is 13.6. The van der Waals surface area contributed by atoms with E-state index in [4.69, 9.17) is 0 Å². The number of hydrogen-bond acceptors (Lipinski definition) is 3. The summed E-state index contributed by atoms with van der Waals surface area (Å²) in [6.07, 6.45) is 3.01. The van der Waals surface area contributed by atoms with E-state index in [-0.39, 0.29) is 0 Å². The summed E-state index contributed by atoms with van der Waals surface area (Å²) < 4.78 is 0. The fourth-order valence-electron chi connectivity index (χ4n) is 3.58. The van der Waals surface area contributed by atoms with E-state index in [0.29, 0.717) is 11.5 Å². The molecule has 0 bridgehead atoms. The molecular weight excluding hydrogens is 312 g/mol. The molecule has 0 radical (unpaired) electrons. The summed E-state index contributed by atoms with van der Waals surface area (Å²) in [5.41, 5.74) is 4.05. The Kier molecular flexibility index (Phi) is 5.04. The SMILES string of the molecule is Cc1ccc(CC2CCN(c3ccccc3C#N)CC2)cc1C(=O)O. The number of carboxylic acid groups (broad SMARTS) is 1. The number of para-hydroxylation sites is 1. The molecule has 2 aromatic rings. The number of carboxylic acids is 1. The van der Waals surface area contributed by atoms with Crippen LogP contribution in [-0.4, -0.2) is 24.2 Å². The fraction of sp³-hybridized carbons (Fsp3) is 0.333. The minimum atomic E-state index is -0.859. The van der Waals surface area contributed by atoms with Crippen LogP contribution in [0.3, 0.4) is 0 Å². The highest BCUT2D eigenvalue weighted by molar-refractivity contribution is 5.89. The largest absolute Gasteiger partial charge is 0.478 e. The Hall–Kier alpha value is -2.80. The van der Waals surface area contributed by atoms with Crippen molar-refractivity contribution < 1.29 is 9.90 Å². The lowest BCUT2D eigenvalue weighted by Gasteiger charge is -2.34. The minimum absolute atomic E-state index is 0.401. The number of nitrogens with zero attached hydrogens (tertiary/aromatic N) is 2. The molecule has 128 valence electrons. The zero-order valence-corrected chi connectivity index (χ0v) is 14.4. The third kappa shape index (κ3) is 3.83. The van der Waals surface area contributed by atoms with Gasteiger partial charge < -0.3 is 10.0 Å². The summed E-state index contributed by atoms with van der Waals surface area (Å²) >= 11 is 0. The van der Waals surface area contributed by atoms with Crippen molar-refractivity contribution in [3.8, 4) is 6.07 Å². The maximum atomic E-state index is 11.3. The van der Waals surface area contributed by atoms with Crippen LogP contribution in [0.4, 0.5) is 5.69 Å². The van der Waals surface area contributed by atoms with E-state index in [9.17, 15) is 15.2 Å². The van der Waals surface area contributed by atoms with Crippen LogP contribution in [0.15, 0.2) is 42.5 Å². The summed E-state index contributed by atoms with van der Waals surface area (Å²) in [6, 6.07) is 15.8. The highest BCUT2D eigenvalue weighted by atomic mass is 16.4. The number of piperidine rings is 1. The van der Waals surface area contributed by atoms with Crippen LogP contribution >= 0.6 is 0 Å². The zero-order chi connectivity index (χ0) is 17.8. The topological polar surface area (TPSA) is 64.3 Å². The molecule has 0 spiro atoms. The van der Waals surface area contributed by atoms with Gasteiger partial charge in [0.25, 0.3) is 0 Å². The molecular formula is C21H22N2O2. The third-order valence-electron chi connectivity index (χ3n) is 5.04. The zero-order valence-electron chi connectivity index (χ0n) is 14.4. The van der Waals surface area contributed by atoms with Gasteiger partial charge in [0.05, 0.1) is 16.8 Å². The molecule has 4 nitrogen and oxygen atoms in total. The normalized spacial score (nSPS) is 15.0. The second-order valence-corrected chi connectivity index (χ2v) is 6.72. The molecule has 1 heterocycles. The Balaban J connectivity index is 1.64. The Morgan fingerprint density at radius 2 is 1.96 bits per heavy atom. The monoisotopic (exact) mass is 334 g/mol. The van der Waals surface area contributed by atoms with Crippen molar-refractivity contribution >= 4 is 11.7 Å². The molecule has 0 saturated carbocycles. The van der Waals surface area contributed by atoms with Gasteiger partial charge in [0.15, 0.2) is 0 Å². The van der Waals surface area contributed by atoms with E-state index in [1.807, 2.05) is 49.4 Å². The summed E-state index contributed by atoms with van der Waals surface area (Å²) in [6.45, 7) is 3.69. The lowest BCUT2D eigenvalue weighted by atomic mass is 9.88. The number of aromatic carboxylic acids is 1. The van der Waals surface area contributed by atoms with Crippen LogP contribution in [0.2, 0.25) is 0 Å². The Morgan fingerprint density at radius 3 is 2.64 bits per heavy atom. The number of benzene rings is 2. The molecule has 0 atom stereocenters. The number of anilines is 1. The lowest BCUT2D eigenvalue weighted by molar-refractivity contribution is 0.0696. The average molecular weight is 334 g/mol. The van der Waals surface area contributed by atoms with Crippen molar-refractivity contribution in [2.75, 3.05) is 18.0 Å². The maximum absolute atomic E-state index is 11.3. The predicted octanol–water partition coefficient (Wildman–Crippen LogP) is 4.02. The molecule has 2 aromatic carbocycles. The van der Waals surface area contributed by atoms with Crippen LogP contribution in [0.5, 0.6) is 0 Å². The molecule has 1 N–H and O–H groups in total. The van der Waals surface area contributed by atoms with E-state index in [1.165, 1.54) is 0 Å². The molecule has 1 aliphatic rings. The van der Waals surface area contributed by atoms with Crippen LogP contribution in [0.25, 0.3) is 0 Å². The number of nitriles is 1. The fourth-order valence-corrected chi connectivity index (χ4v) is 3.58. The molecule has 3 rings (SSSR count). The van der Waals surface area contributed by atoms with Crippen molar-refractivity contribution in [3.05, 3.63) is 64.7 Å². The summed E-state index contributed by atoms with van der Waals surface area (Å²) in [7, 11) is 0. The molecule has 0 aromatic heterocycles. The van der Waals surface area contributed by atoms with Crippen molar-refractivity contribution in [2.24, 2.45) is 5.92 Å². The van der Waals surface area contributed by atoms with Gasteiger partial charge in [-0.15, -0.1) is 0 Å². The van der Waals surface area contributed by atoms with Gasteiger partial charge in [0.1, 0.15) is 6.07 Å². The van der Waals surface area contributed by atoms with Crippen LogP contribution in [-0.2, 0) is 6.42 Å². The van der Waals surface area contributed by atoms with Crippen molar-refractivity contribution in [1.29, 1.82) is 5.26 Å². The van der Waals surface area contributed by atoms with Gasteiger partial charge in [-0.25, -0.2) is 4.79 Å². The first-order valence-electron chi connectivity index (χ1n) is 8.65. The second-order valence-electron chi connectivity index (χ2n) is 6.72. The first-order chi connectivity index (χ1) is 12.1. The Bertz CT molecular complexity index is 815. The van der Waals surface area contributed by atoms with E-state index >= 15 is 0 Å². The van der Waals surface area contributed by atoms with Gasteiger partial charge >= 0.3 is 5.97 Å².